The molecule has 1 N–H and O–H groups in total. The minimum absolute atomic E-state index is 0.221. The first-order valence-corrected chi connectivity index (χ1v) is 6.43. The Morgan fingerprint density at radius 1 is 1.47 bits per heavy atom. The molecule has 2 nitrogen and oxygen atoms in total. The van der Waals surface area contributed by atoms with E-state index in [0.717, 1.165) is 19.4 Å². The predicted molar refractivity (Wildman–Crippen MR) is 62.5 cm³/mol. The van der Waals surface area contributed by atoms with Crippen molar-refractivity contribution in [2.75, 3.05) is 0 Å². The normalized spacial score (nSPS) is 26.1. The van der Waals surface area contributed by atoms with E-state index in [1.807, 2.05) is 0 Å². The predicted octanol–water partition coefficient (Wildman–Crippen LogP) is 2.92. The zero-order valence-corrected chi connectivity index (χ0v) is 9.59. The molecular formula is C12H16N2S. The summed E-state index contributed by atoms with van der Waals surface area (Å²) in [7, 11) is 0. The molecule has 3 heteroatoms. The minimum Gasteiger partial charge on any atom is -0.308 e. The highest BCUT2D eigenvalue weighted by Crippen LogP contribution is 2.24. The molecule has 2 rings (SSSR count). The average Bonchev–Trinajstić information content (AvgIpc) is 2.79. The summed E-state index contributed by atoms with van der Waals surface area (Å²) >= 11 is 1.77. The Balaban J connectivity index is 1.85. The third-order valence-electron chi connectivity index (χ3n) is 3.05. The highest BCUT2D eigenvalue weighted by molar-refractivity contribution is 7.09. The van der Waals surface area contributed by atoms with Gasteiger partial charge in [0, 0.05) is 17.5 Å². The van der Waals surface area contributed by atoms with Crippen molar-refractivity contribution in [2.24, 2.45) is 5.92 Å². The van der Waals surface area contributed by atoms with Gasteiger partial charge in [-0.25, -0.2) is 0 Å². The van der Waals surface area contributed by atoms with E-state index in [-0.39, 0.29) is 5.92 Å². The quantitative estimate of drug-likeness (QED) is 0.850. The zero-order chi connectivity index (χ0) is 10.5. The molecular weight excluding hydrogens is 204 g/mol. The lowest BCUT2D eigenvalue weighted by atomic mass is 9.85. The lowest BCUT2D eigenvalue weighted by Crippen LogP contribution is -2.37. The van der Waals surface area contributed by atoms with Gasteiger partial charge in [0.05, 0.1) is 12.0 Å². The van der Waals surface area contributed by atoms with Gasteiger partial charge in [0.15, 0.2) is 0 Å². The third-order valence-corrected chi connectivity index (χ3v) is 3.93. The van der Waals surface area contributed by atoms with Gasteiger partial charge in [0.25, 0.3) is 0 Å². The van der Waals surface area contributed by atoms with Crippen molar-refractivity contribution < 1.29 is 0 Å². The molecule has 0 aromatic carbocycles. The summed E-state index contributed by atoms with van der Waals surface area (Å²) in [6.07, 6.45) is 4.71. The first-order chi connectivity index (χ1) is 7.40. The maximum absolute atomic E-state index is 9.03. The summed E-state index contributed by atoms with van der Waals surface area (Å²) in [5.74, 6) is 0.221. The van der Waals surface area contributed by atoms with Crippen LogP contribution in [0.4, 0.5) is 0 Å². The van der Waals surface area contributed by atoms with Gasteiger partial charge >= 0.3 is 0 Å². The smallest absolute Gasteiger partial charge is 0.0672 e. The summed E-state index contributed by atoms with van der Waals surface area (Å²) < 4.78 is 0. The molecule has 0 amide bonds. The number of thiophene rings is 1. The van der Waals surface area contributed by atoms with Crippen LogP contribution < -0.4 is 5.32 Å². The summed E-state index contributed by atoms with van der Waals surface area (Å²) in [5, 5.41) is 14.6. The van der Waals surface area contributed by atoms with E-state index in [1.165, 1.54) is 17.7 Å². The van der Waals surface area contributed by atoms with E-state index >= 15 is 0 Å². The standard InChI is InChI=1S/C12H16N2S/c13-8-10-4-1-2-6-12(10)14-9-11-5-3-7-15-11/h3,5,7,10,12,14H,1-2,4,6,9H2. The maximum Gasteiger partial charge on any atom is 0.0672 e. The highest BCUT2D eigenvalue weighted by Gasteiger charge is 2.24. The van der Waals surface area contributed by atoms with Gasteiger partial charge in [-0.3, -0.25) is 0 Å². The van der Waals surface area contributed by atoms with Gasteiger partial charge in [-0.15, -0.1) is 11.3 Å². The van der Waals surface area contributed by atoms with Crippen LogP contribution in [0.5, 0.6) is 0 Å². The molecule has 2 unspecified atom stereocenters. The van der Waals surface area contributed by atoms with Gasteiger partial charge in [0.1, 0.15) is 0 Å². The summed E-state index contributed by atoms with van der Waals surface area (Å²) in [6, 6.07) is 7.05. The molecule has 1 aliphatic rings. The van der Waals surface area contributed by atoms with Gasteiger partial charge < -0.3 is 5.32 Å². The first-order valence-electron chi connectivity index (χ1n) is 5.55. The van der Waals surface area contributed by atoms with E-state index < -0.39 is 0 Å². The van der Waals surface area contributed by atoms with Crippen molar-refractivity contribution in [3.05, 3.63) is 22.4 Å². The van der Waals surface area contributed by atoms with Crippen LogP contribution in [0, 0.1) is 17.2 Å². The number of nitriles is 1. The number of nitrogens with one attached hydrogen (secondary N) is 1. The molecule has 1 aromatic rings. The third kappa shape index (κ3) is 2.80. The van der Waals surface area contributed by atoms with E-state index in [4.69, 9.17) is 5.26 Å². The molecule has 0 aliphatic heterocycles. The highest BCUT2D eigenvalue weighted by atomic mass is 32.1. The lowest BCUT2D eigenvalue weighted by molar-refractivity contribution is 0.312. The molecule has 1 saturated carbocycles. The second kappa shape index (κ2) is 5.29. The van der Waals surface area contributed by atoms with Crippen molar-refractivity contribution in [3.8, 4) is 6.07 Å². The lowest BCUT2D eigenvalue weighted by Gasteiger charge is -2.27. The van der Waals surface area contributed by atoms with Gasteiger partial charge in [0.2, 0.25) is 0 Å². The van der Waals surface area contributed by atoms with Crippen LogP contribution in [-0.4, -0.2) is 6.04 Å². The number of hydrogen-bond acceptors (Lipinski definition) is 3. The molecule has 0 radical (unpaired) electrons. The summed E-state index contributed by atoms with van der Waals surface area (Å²) in [6.45, 7) is 0.917. The van der Waals surface area contributed by atoms with Crippen molar-refractivity contribution >= 4 is 11.3 Å². The van der Waals surface area contributed by atoms with Gasteiger partial charge in [-0.05, 0) is 24.3 Å². The molecule has 15 heavy (non-hydrogen) atoms. The van der Waals surface area contributed by atoms with Crippen LogP contribution in [0.15, 0.2) is 17.5 Å². The van der Waals surface area contributed by atoms with Crippen LogP contribution in [0.25, 0.3) is 0 Å². The Kier molecular flexibility index (Phi) is 3.76. The Morgan fingerprint density at radius 3 is 3.07 bits per heavy atom. The van der Waals surface area contributed by atoms with Crippen LogP contribution in [0.3, 0.4) is 0 Å². The Labute approximate surface area is 94.9 Å². The van der Waals surface area contributed by atoms with Crippen molar-refractivity contribution in [1.82, 2.24) is 5.32 Å². The summed E-state index contributed by atoms with van der Waals surface area (Å²) in [5.41, 5.74) is 0. The van der Waals surface area contributed by atoms with Crippen LogP contribution in [0.1, 0.15) is 30.6 Å². The Morgan fingerprint density at radius 2 is 2.33 bits per heavy atom. The van der Waals surface area contributed by atoms with E-state index in [0.29, 0.717) is 6.04 Å². The minimum atomic E-state index is 0.221. The molecule has 1 fully saturated rings. The summed E-state index contributed by atoms with van der Waals surface area (Å²) in [4.78, 5) is 1.36. The number of hydrogen-bond donors (Lipinski definition) is 1. The second-order valence-corrected chi connectivity index (χ2v) is 5.12. The second-order valence-electron chi connectivity index (χ2n) is 4.09. The zero-order valence-electron chi connectivity index (χ0n) is 8.78. The van der Waals surface area contributed by atoms with E-state index in [9.17, 15) is 0 Å². The Bertz CT molecular complexity index is 326. The van der Waals surface area contributed by atoms with Crippen molar-refractivity contribution in [3.63, 3.8) is 0 Å². The van der Waals surface area contributed by atoms with E-state index in [2.05, 4.69) is 28.9 Å². The SMILES string of the molecule is N#CC1CCCCC1NCc1cccs1. The average molecular weight is 220 g/mol. The van der Waals surface area contributed by atoms with Crippen LogP contribution >= 0.6 is 11.3 Å². The molecule has 1 heterocycles. The molecule has 2 atom stereocenters. The molecule has 80 valence electrons. The van der Waals surface area contributed by atoms with Crippen molar-refractivity contribution in [2.45, 2.75) is 38.3 Å². The molecule has 1 aliphatic carbocycles. The molecule has 0 saturated heterocycles. The number of rotatable bonds is 3. The van der Waals surface area contributed by atoms with Crippen LogP contribution in [-0.2, 0) is 6.54 Å². The first kappa shape index (κ1) is 10.7. The van der Waals surface area contributed by atoms with E-state index in [1.54, 1.807) is 11.3 Å². The fourth-order valence-corrected chi connectivity index (χ4v) is 2.83. The fraction of sp³-hybridized carbons (Fsp3) is 0.583. The van der Waals surface area contributed by atoms with Crippen LogP contribution in [0.2, 0.25) is 0 Å². The molecule has 0 spiro atoms. The number of nitrogens with zero attached hydrogens (tertiary/aromatic N) is 1. The monoisotopic (exact) mass is 220 g/mol. The molecule has 0 bridgehead atoms. The van der Waals surface area contributed by atoms with Gasteiger partial charge in [-0.2, -0.15) is 5.26 Å². The van der Waals surface area contributed by atoms with Gasteiger partial charge in [-0.1, -0.05) is 18.9 Å². The largest absolute Gasteiger partial charge is 0.308 e. The Hall–Kier alpha value is -0.850. The topological polar surface area (TPSA) is 35.8 Å². The fourth-order valence-electron chi connectivity index (χ4n) is 2.17. The molecule has 1 aromatic heterocycles. The maximum atomic E-state index is 9.03. The van der Waals surface area contributed by atoms with Crippen molar-refractivity contribution in [1.29, 1.82) is 5.26 Å².